The van der Waals surface area contributed by atoms with E-state index < -0.39 is 0 Å². The fourth-order valence-corrected chi connectivity index (χ4v) is 4.27. The molecular formula is C21H31NO3S. The first kappa shape index (κ1) is 19.6. The van der Waals surface area contributed by atoms with Gasteiger partial charge in [0.05, 0.1) is 18.8 Å². The Hall–Kier alpha value is -1.20. The second-order valence-electron chi connectivity index (χ2n) is 7.74. The van der Waals surface area contributed by atoms with Gasteiger partial charge in [-0.3, -0.25) is 4.79 Å². The van der Waals surface area contributed by atoms with Crippen LogP contribution < -0.4 is 4.74 Å². The molecule has 1 amide bonds. The smallest absolute Gasteiger partial charge is 0.223 e. The van der Waals surface area contributed by atoms with E-state index in [1.165, 1.54) is 11.1 Å². The Labute approximate surface area is 161 Å². The van der Waals surface area contributed by atoms with Crippen LogP contribution in [-0.2, 0) is 21.6 Å². The zero-order valence-electron chi connectivity index (χ0n) is 16.3. The lowest BCUT2D eigenvalue weighted by Gasteiger charge is -2.45. The monoisotopic (exact) mass is 377 g/mol. The minimum atomic E-state index is -0.222. The van der Waals surface area contributed by atoms with Crippen molar-refractivity contribution in [2.45, 2.75) is 45.1 Å². The Kier molecular flexibility index (Phi) is 6.51. The maximum atomic E-state index is 12.3. The molecule has 0 N–H and O–H groups in total. The number of fused-ring (bicyclic) bond motifs is 2. The van der Waals surface area contributed by atoms with E-state index in [-0.39, 0.29) is 11.5 Å². The summed E-state index contributed by atoms with van der Waals surface area (Å²) in [5.74, 6) is 2.66. The summed E-state index contributed by atoms with van der Waals surface area (Å²) in [6.45, 7) is 7.40. The summed E-state index contributed by atoms with van der Waals surface area (Å²) in [5.41, 5.74) is 2.43. The highest BCUT2D eigenvalue weighted by atomic mass is 32.2. The van der Waals surface area contributed by atoms with Crippen LogP contribution >= 0.6 is 11.8 Å². The van der Waals surface area contributed by atoms with Gasteiger partial charge in [-0.1, -0.05) is 19.9 Å². The number of benzene rings is 1. The zero-order chi connectivity index (χ0) is 18.6. The number of thioether (sulfide) groups is 1. The van der Waals surface area contributed by atoms with Gasteiger partial charge in [0, 0.05) is 25.3 Å². The lowest BCUT2D eigenvalue weighted by molar-refractivity contribution is -0.140. The van der Waals surface area contributed by atoms with Crippen LogP contribution in [0, 0.1) is 5.92 Å². The maximum absolute atomic E-state index is 12.3. The van der Waals surface area contributed by atoms with E-state index in [2.05, 4.69) is 32.0 Å². The van der Waals surface area contributed by atoms with Crippen molar-refractivity contribution in [1.82, 2.24) is 4.90 Å². The predicted octanol–water partition coefficient (Wildman–Crippen LogP) is 3.86. The number of carbonyl (C=O) groups excluding carboxylic acids is 1. The largest absolute Gasteiger partial charge is 0.493 e. The summed E-state index contributed by atoms with van der Waals surface area (Å²) in [6.07, 6.45) is 5.40. The molecule has 0 unspecified atom stereocenters. The molecule has 26 heavy (non-hydrogen) atoms. The van der Waals surface area contributed by atoms with Gasteiger partial charge in [0.2, 0.25) is 5.91 Å². The Bertz CT molecular complexity index is 624. The van der Waals surface area contributed by atoms with Crippen LogP contribution in [0.2, 0.25) is 0 Å². The highest BCUT2D eigenvalue weighted by molar-refractivity contribution is 7.98. The number of amides is 1. The molecular weight excluding hydrogens is 346 g/mol. The van der Waals surface area contributed by atoms with Crippen molar-refractivity contribution >= 4 is 17.7 Å². The molecule has 0 radical (unpaired) electrons. The molecule has 1 fully saturated rings. The van der Waals surface area contributed by atoms with Gasteiger partial charge < -0.3 is 14.4 Å². The minimum absolute atomic E-state index is 0.222. The number of piperidine rings is 1. The SMILES string of the molecule is CSCCC(=O)N1CCC2(CC1)OCCc1cc(OCC(C)C)ccc12. The molecule has 144 valence electrons. The molecule has 3 rings (SSSR count). The average Bonchev–Trinajstić information content (AvgIpc) is 2.65. The van der Waals surface area contributed by atoms with E-state index in [0.717, 1.165) is 57.1 Å². The molecule has 4 nitrogen and oxygen atoms in total. The molecule has 2 heterocycles. The van der Waals surface area contributed by atoms with Gasteiger partial charge in [-0.25, -0.2) is 0 Å². The van der Waals surface area contributed by atoms with E-state index in [9.17, 15) is 4.79 Å². The summed E-state index contributed by atoms with van der Waals surface area (Å²) in [7, 11) is 0. The Balaban J connectivity index is 1.69. The Morgan fingerprint density at radius 2 is 2.12 bits per heavy atom. The van der Waals surface area contributed by atoms with Gasteiger partial charge in [0.15, 0.2) is 0 Å². The molecule has 0 aliphatic carbocycles. The lowest BCUT2D eigenvalue weighted by Crippen LogP contribution is -2.48. The Morgan fingerprint density at radius 3 is 2.81 bits per heavy atom. The van der Waals surface area contributed by atoms with E-state index in [1.54, 1.807) is 11.8 Å². The average molecular weight is 378 g/mol. The van der Waals surface area contributed by atoms with Crippen molar-refractivity contribution in [3.63, 3.8) is 0 Å². The molecule has 1 aromatic carbocycles. The number of carbonyl (C=O) groups is 1. The normalized spacial score (nSPS) is 18.8. The van der Waals surface area contributed by atoms with Crippen LogP contribution in [0.4, 0.5) is 0 Å². The van der Waals surface area contributed by atoms with Gasteiger partial charge in [-0.2, -0.15) is 11.8 Å². The molecule has 1 aromatic rings. The standard InChI is InChI=1S/C21H31NO3S/c1-16(2)15-24-18-4-5-19-17(14-18)6-12-25-21(19)8-10-22(11-9-21)20(23)7-13-26-3/h4-5,14,16H,6-13,15H2,1-3H3. The van der Waals surface area contributed by atoms with Crippen LogP contribution in [0.1, 0.15) is 44.2 Å². The molecule has 1 saturated heterocycles. The summed E-state index contributed by atoms with van der Waals surface area (Å²) in [5, 5.41) is 0. The van der Waals surface area contributed by atoms with Gasteiger partial charge in [-0.05, 0) is 54.7 Å². The first-order valence-corrected chi connectivity index (χ1v) is 11.1. The van der Waals surface area contributed by atoms with Gasteiger partial charge in [-0.15, -0.1) is 0 Å². The highest BCUT2D eigenvalue weighted by Crippen LogP contribution is 2.42. The number of ether oxygens (including phenoxy) is 2. The second-order valence-corrected chi connectivity index (χ2v) is 8.73. The van der Waals surface area contributed by atoms with Gasteiger partial charge in [0.25, 0.3) is 0 Å². The molecule has 5 heteroatoms. The van der Waals surface area contributed by atoms with E-state index >= 15 is 0 Å². The first-order chi connectivity index (χ1) is 12.5. The third-order valence-corrected chi connectivity index (χ3v) is 5.96. The third-order valence-electron chi connectivity index (χ3n) is 5.34. The molecule has 1 spiro atoms. The topological polar surface area (TPSA) is 38.8 Å². The summed E-state index contributed by atoms with van der Waals surface area (Å²) in [6, 6.07) is 6.46. The summed E-state index contributed by atoms with van der Waals surface area (Å²) in [4.78, 5) is 14.3. The number of nitrogens with zero attached hydrogens (tertiary/aromatic N) is 1. The predicted molar refractivity (Wildman–Crippen MR) is 107 cm³/mol. The Morgan fingerprint density at radius 1 is 1.35 bits per heavy atom. The third kappa shape index (κ3) is 4.37. The van der Waals surface area contributed by atoms with E-state index in [4.69, 9.17) is 9.47 Å². The van der Waals surface area contributed by atoms with Crippen molar-refractivity contribution in [2.75, 3.05) is 38.3 Å². The van der Waals surface area contributed by atoms with E-state index in [0.29, 0.717) is 12.3 Å². The van der Waals surface area contributed by atoms with Crippen LogP contribution in [0.3, 0.4) is 0 Å². The van der Waals surface area contributed by atoms with Crippen molar-refractivity contribution in [3.8, 4) is 5.75 Å². The molecule has 2 aliphatic rings. The summed E-state index contributed by atoms with van der Waals surface area (Å²) >= 11 is 1.73. The fraction of sp³-hybridized carbons (Fsp3) is 0.667. The number of rotatable bonds is 6. The van der Waals surface area contributed by atoms with Gasteiger partial charge >= 0.3 is 0 Å². The van der Waals surface area contributed by atoms with Crippen molar-refractivity contribution in [2.24, 2.45) is 5.92 Å². The minimum Gasteiger partial charge on any atom is -0.493 e. The number of hydrogen-bond acceptors (Lipinski definition) is 4. The quantitative estimate of drug-likeness (QED) is 0.754. The van der Waals surface area contributed by atoms with Crippen molar-refractivity contribution in [3.05, 3.63) is 29.3 Å². The highest BCUT2D eigenvalue weighted by Gasteiger charge is 2.41. The van der Waals surface area contributed by atoms with Crippen molar-refractivity contribution in [1.29, 1.82) is 0 Å². The molecule has 0 aromatic heterocycles. The molecule has 2 aliphatic heterocycles. The first-order valence-electron chi connectivity index (χ1n) is 9.71. The zero-order valence-corrected chi connectivity index (χ0v) is 17.1. The van der Waals surface area contributed by atoms with Crippen LogP contribution in [-0.4, -0.2) is 49.1 Å². The molecule has 0 atom stereocenters. The molecule has 0 bridgehead atoms. The van der Waals surface area contributed by atoms with Gasteiger partial charge in [0.1, 0.15) is 5.75 Å². The maximum Gasteiger partial charge on any atom is 0.223 e. The second kappa shape index (κ2) is 8.66. The lowest BCUT2D eigenvalue weighted by atomic mass is 9.79. The summed E-state index contributed by atoms with van der Waals surface area (Å²) < 4.78 is 12.2. The van der Waals surface area contributed by atoms with Crippen LogP contribution in [0.25, 0.3) is 0 Å². The molecule has 0 saturated carbocycles. The van der Waals surface area contributed by atoms with E-state index in [1.807, 2.05) is 11.2 Å². The van der Waals surface area contributed by atoms with Crippen LogP contribution in [0.15, 0.2) is 18.2 Å². The fourth-order valence-electron chi connectivity index (χ4n) is 3.89. The number of likely N-dealkylation sites (tertiary alicyclic amines) is 1. The van der Waals surface area contributed by atoms with Crippen molar-refractivity contribution < 1.29 is 14.3 Å². The van der Waals surface area contributed by atoms with Crippen LogP contribution in [0.5, 0.6) is 5.75 Å². The number of hydrogen-bond donors (Lipinski definition) is 0.